The van der Waals surface area contributed by atoms with E-state index in [0.717, 1.165) is 11.1 Å². The van der Waals surface area contributed by atoms with Gasteiger partial charge in [-0.25, -0.2) is 4.39 Å². The van der Waals surface area contributed by atoms with Crippen molar-refractivity contribution in [3.8, 4) is 0 Å². The van der Waals surface area contributed by atoms with Crippen LogP contribution in [0.4, 0.5) is 10.1 Å². The van der Waals surface area contributed by atoms with Gasteiger partial charge in [-0.2, -0.15) is 0 Å². The summed E-state index contributed by atoms with van der Waals surface area (Å²) in [5.41, 5.74) is 3.23. The molecule has 120 valence electrons. The van der Waals surface area contributed by atoms with Crippen LogP contribution in [0, 0.1) is 12.7 Å². The van der Waals surface area contributed by atoms with E-state index >= 15 is 0 Å². The first kappa shape index (κ1) is 15.9. The molecule has 3 aromatic rings. The molecule has 4 heteroatoms. The number of pyridine rings is 1. The highest BCUT2D eigenvalue weighted by molar-refractivity contribution is 6.06. The summed E-state index contributed by atoms with van der Waals surface area (Å²) in [7, 11) is 0. The fourth-order valence-electron chi connectivity index (χ4n) is 2.43. The number of halogens is 1. The minimum absolute atomic E-state index is 0.134. The van der Waals surface area contributed by atoms with Gasteiger partial charge >= 0.3 is 0 Å². The summed E-state index contributed by atoms with van der Waals surface area (Å²) >= 11 is 0. The second kappa shape index (κ2) is 7.04. The molecule has 0 spiro atoms. The van der Waals surface area contributed by atoms with Crippen molar-refractivity contribution in [3.63, 3.8) is 0 Å². The molecular weight excluding hydrogens is 303 g/mol. The van der Waals surface area contributed by atoms with Crippen LogP contribution in [-0.4, -0.2) is 10.9 Å². The lowest BCUT2D eigenvalue weighted by Crippen LogP contribution is -2.30. The van der Waals surface area contributed by atoms with Gasteiger partial charge in [-0.1, -0.05) is 23.8 Å². The van der Waals surface area contributed by atoms with Crippen molar-refractivity contribution < 1.29 is 9.18 Å². The molecule has 1 heterocycles. The number of amides is 1. The van der Waals surface area contributed by atoms with Crippen LogP contribution < -0.4 is 4.90 Å². The number of carbonyl (C=O) groups excluding carboxylic acids is 1. The summed E-state index contributed by atoms with van der Waals surface area (Å²) in [5, 5.41) is 0. The SMILES string of the molecule is Cc1ccc(C(=O)N(Cc2cccnc2)c2ccc(F)cc2)cc1. The van der Waals surface area contributed by atoms with E-state index in [1.807, 2.05) is 31.2 Å². The van der Waals surface area contributed by atoms with Crippen LogP contribution in [-0.2, 0) is 6.54 Å². The Morgan fingerprint density at radius 2 is 1.75 bits per heavy atom. The van der Waals surface area contributed by atoms with E-state index in [9.17, 15) is 9.18 Å². The number of carbonyl (C=O) groups is 1. The Labute approximate surface area is 140 Å². The summed E-state index contributed by atoms with van der Waals surface area (Å²) < 4.78 is 13.2. The van der Waals surface area contributed by atoms with Gasteiger partial charge in [0, 0.05) is 23.6 Å². The van der Waals surface area contributed by atoms with E-state index in [0.29, 0.717) is 17.8 Å². The Bertz CT molecular complexity index is 815. The zero-order valence-corrected chi connectivity index (χ0v) is 13.3. The number of nitrogens with zero attached hydrogens (tertiary/aromatic N) is 2. The Morgan fingerprint density at radius 1 is 1.04 bits per heavy atom. The molecule has 2 aromatic carbocycles. The average molecular weight is 320 g/mol. The average Bonchev–Trinajstić information content (AvgIpc) is 2.62. The first-order valence-corrected chi connectivity index (χ1v) is 7.66. The summed E-state index contributed by atoms with van der Waals surface area (Å²) in [6, 6.07) is 17.1. The molecular formula is C20H17FN2O. The van der Waals surface area contributed by atoms with Crippen LogP contribution in [0.25, 0.3) is 0 Å². The molecule has 0 bridgehead atoms. The number of rotatable bonds is 4. The molecule has 0 radical (unpaired) electrons. The monoisotopic (exact) mass is 320 g/mol. The van der Waals surface area contributed by atoms with Gasteiger partial charge in [-0.05, 0) is 55.0 Å². The number of benzene rings is 2. The van der Waals surface area contributed by atoms with Crippen LogP contribution in [0.3, 0.4) is 0 Å². The lowest BCUT2D eigenvalue weighted by Gasteiger charge is -2.23. The number of hydrogen-bond acceptors (Lipinski definition) is 2. The van der Waals surface area contributed by atoms with Gasteiger partial charge in [-0.3, -0.25) is 9.78 Å². The van der Waals surface area contributed by atoms with E-state index in [-0.39, 0.29) is 11.7 Å². The number of aromatic nitrogens is 1. The number of hydrogen-bond donors (Lipinski definition) is 0. The van der Waals surface area contributed by atoms with Crippen LogP contribution in [0.1, 0.15) is 21.5 Å². The van der Waals surface area contributed by atoms with Gasteiger partial charge in [0.2, 0.25) is 0 Å². The van der Waals surface area contributed by atoms with Crippen molar-refractivity contribution in [1.29, 1.82) is 0 Å². The maximum atomic E-state index is 13.2. The van der Waals surface area contributed by atoms with Gasteiger partial charge in [0.05, 0.1) is 6.54 Å². The maximum Gasteiger partial charge on any atom is 0.258 e. The summed E-state index contributed by atoms with van der Waals surface area (Å²) in [6.45, 7) is 2.34. The summed E-state index contributed by atoms with van der Waals surface area (Å²) in [5.74, 6) is -0.465. The van der Waals surface area contributed by atoms with E-state index in [1.165, 1.54) is 12.1 Å². The molecule has 0 aliphatic heterocycles. The third-order valence-corrected chi connectivity index (χ3v) is 3.75. The van der Waals surface area contributed by atoms with Crippen LogP contribution in [0.5, 0.6) is 0 Å². The molecule has 1 aromatic heterocycles. The van der Waals surface area contributed by atoms with Gasteiger partial charge in [0.25, 0.3) is 5.91 Å². The highest BCUT2D eigenvalue weighted by atomic mass is 19.1. The summed E-state index contributed by atoms with van der Waals surface area (Å²) in [6.07, 6.45) is 3.41. The molecule has 0 saturated heterocycles. The maximum absolute atomic E-state index is 13.2. The van der Waals surface area contributed by atoms with Crippen LogP contribution in [0.15, 0.2) is 73.1 Å². The molecule has 0 saturated carbocycles. The Morgan fingerprint density at radius 3 is 2.38 bits per heavy atom. The topological polar surface area (TPSA) is 33.2 Å². The third kappa shape index (κ3) is 3.66. The van der Waals surface area contributed by atoms with E-state index in [1.54, 1.807) is 41.6 Å². The molecule has 1 amide bonds. The standard InChI is InChI=1S/C20H17FN2O/c1-15-4-6-17(7-5-15)20(24)23(14-16-3-2-12-22-13-16)19-10-8-18(21)9-11-19/h2-13H,14H2,1H3. The van der Waals surface area contributed by atoms with Gasteiger partial charge in [-0.15, -0.1) is 0 Å². The molecule has 0 N–H and O–H groups in total. The zero-order chi connectivity index (χ0) is 16.9. The van der Waals surface area contributed by atoms with Crippen LogP contribution in [0.2, 0.25) is 0 Å². The molecule has 0 aliphatic carbocycles. The second-order valence-electron chi connectivity index (χ2n) is 5.60. The molecule has 0 unspecified atom stereocenters. The molecule has 0 fully saturated rings. The predicted molar refractivity (Wildman–Crippen MR) is 92.3 cm³/mol. The first-order chi connectivity index (χ1) is 11.6. The smallest absolute Gasteiger partial charge is 0.258 e. The molecule has 0 aliphatic rings. The van der Waals surface area contributed by atoms with Crippen molar-refractivity contribution in [3.05, 3.63) is 95.6 Å². The van der Waals surface area contributed by atoms with Crippen molar-refractivity contribution in [1.82, 2.24) is 4.98 Å². The minimum Gasteiger partial charge on any atom is -0.304 e. The lowest BCUT2D eigenvalue weighted by atomic mass is 10.1. The number of anilines is 1. The Kier molecular flexibility index (Phi) is 4.66. The lowest BCUT2D eigenvalue weighted by molar-refractivity contribution is 0.0985. The Hall–Kier alpha value is -3.01. The van der Waals surface area contributed by atoms with Crippen LogP contribution >= 0.6 is 0 Å². The molecule has 3 nitrogen and oxygen atoms in total. The van der Waals surface area contributed by atoms with Gasteiger partial charge in [0.15, 0.2) is 0 Å². The zero-order valence-electron chi connectivity index (χ0n) is 13.3. The molecule has 0 atom stereocenters. The Balaban J connectivity index is 1.96. The first-order valence-electron chi connectivity index (χ1n) is 7.66. The predicted octanol–water partition coefficient (Wildman–Crippen LogP) is 4.38. The van der Waals surface area contributed by atoms with Gasteiger partial charge in [0.1, 0.15) is 5.82 Å². The van der Waals surface area contributed by atoms with Crippen molar-refractivity contribution in [2.24, 2.45) is 0 Å². The van der Waals surface area contributed by atoms with E-state index < -0.39 is 0 Å². The van der Waals surface area contributed by atoms with Crippen molar-refractivity contribution in [2.45, 2.75) is 13.5 Å². The van der Waals surface area contributed by atoms with Crippen molar-refractivity contribution >= 4 is 11.6 Å². The third-order valence-electron chi connectivity index (χ3n) is 3.75. The second-order valence-corrected chi connectivity index (χ2v) is 5.60. The highest BCUT2D eigenvalue weighted by Gasteiger charge is 2.18. The normalized spacial score (nSPS) is 10.4. The molecule has 24 heavy (non-hydrogen) atoms. The fraction of sp³-hybridized carbons (Fsp3) is 0.100. The van der Waals surface area contributed by atoms with E-state index in [2.05, 4.69) is 4.98 Å². The largest absolute Gasteiger partial charge is 0.304 e. The quantitative estimate of drug-likeness (QED) is 0.715. The van der Waals surface area contributed by atoms with Gasteiger partial charge < -0.3 is 4.90 Å². The fourth-order valence-corrected chi connectivity index (χ4v) is 2.43. The number of aryl methyl sites for hydroxylation is 1. The highest BCUT2D eigenvalue weighted by Crippen LogP contribution is 2.21. The summed E-state index contributed by atoms with van der Waals surface area (Å²) in [4.78, 5) is 18.7. The van der Waals surface area contributed by atoms with E-state index in [4.69, 9.17) is 0 Å². The minimum atomic E-state index is -0.331. The van der Waals surface area contributed by atoms with Crippen molar-refractivity contribution in [2.75, 3.05) is 4.90 Å². The molecule has 3 rings (SSSR count).